The van der Waals surface area contributed by atoms with Crippen LogP contribution in [0.1, 0.15) is 32.6 Å². The summed E-state index contributed by atoms with van der Waals surface area (Å²) in [6.45, 7) is 1.57. The molecule has 0 spiro atoms. The van der Waals surface area contributed by atoms with Crippen LogP contribution in [0, 0.1) is 5.82 Å². The summed E-state index contributed by atoms with van der Waals surface area (Å²) in [6.07, 6.45) is 3.78. The van der Waals surface area contributed by atoms with Crippen molar-refractivity contribution in [1.82, 2.24) is 10.0 Å². The van der Waals surface area contributed by atoms with Crippen molar-refractivity contribution in [3.8, 4) is 11.1 Å². The molecule has 32 heavy (non-hydrogen) atoms. The maximum atomic E-state index is 14.7. The highest BCUT2D eigenvalue weighted by Crippen LogP contribution is 2.24. The van der Waals surface area contributed by atoms with Crippen molar-refractivity contribution in [1.29, 1.82) is 0 Å². The number of carbonyl (C=O) groups is 1. The second kappa shape index (κ2) is 9.93. The van der Waals surface area contributed by atoms with Gasteiger partial charge in [-0.1, -0.05) is 30.3 Å². The van der Waals surface area contributed by atoms with Crippen LogP contribution < -0.4 is 11.0 Å². The third-order valence-electron chi connectivity index (χ3n) is 5.74. The standard InChI is InChI=1S/C22H27FN2O6S/c1-22(32(2,28)29,21(27)24-31-18-10-6-7-15-30-18)12-14-25-13-11-17(19(23)20(25)26)16-8-4-3-5-9-16/h3-5,8-9,11,13,18H,6-7,10,12,14-15H2,1-2H3,(H,24,27)/t18?,22-/m1/s1. The summed E-state index contributed by atoms with van der Waals surface area (Å²) in [5.74, 6) is -1.81. The fourth-order valence-corrected chi connectivity index (χ4v) is 4.24. The lowest BCUT2D eigenvalue weighted by atomic mass is 10.1. The van der Waals surface area contributed by atoms with Gasteiger partial charge in [0.1, 0.15) is 0 Å². The van der Waals surface area contributed by atoms with Crippen LogP contribution in [0.25, 0.3) is 11.1 Å². The van der Waals surface area contributed by atoms with E-state index in [1.54, 1.807) is 30.3 Å². The maximum Gasteiger partial charge on any atom is 0.287 e. The number of hydrogen-bond acceptors (Lipinski definition) is 6. The minimum atomic E-state index is -3.90. The number of halogens is 1. The number of aryl methyl sites for hydroxylation is 1. The van der Waals surface area contributed by atoms with Crippen LogP contribution in [0.5, 0.6) is 0 Å². The van der Waals surface area contributed by atoms with Crippen LogP contribution in [-0.2, 0) is 30.8 Å². The Balaban J connectivity index is 1.76. The molecule has 1 unspecified atom stereocenters. The van der Waals surface area contributed by atoms with E-state index in [1.165, 1.54) is 19.2 Å². The van der Waals surface area contributed by atoms with Crippen molar-refractivity contribution in [2.45, 2.75) is 50.2 Å². The highest BCUT2D eigenvalue weighted by Gasteiger charge is 2.44. The smallest absolute Gasteiger partial charge is 0.287 e. The Morgan fingerprint density at radius 1 is 1.28 bits per heavy atom. The van der Waals surface area contributed by atoms with E-state index in [0.29, 0.717) is 18.6 Å². The van der Waals surface area contributed by atoms with Gasteiger partial charge < -0.3 is 9.30 Å². The first kappa shape index (κ1) is 24.1. The van der Waals surface area contributed by atoms with Gasteiger partial charge in [-0.3, -0.25) is 9.59 Å². The van der Waals surface area contributed by atoms with Gasteiger partial charge in [-0.15, -0.1) is 0 Å². The predicted octanol–water partition coefficient (Wildman–Crippen LogP) is 2.42. The minimum Gasteiger partial charge on any atom is -0.350 e. The minimum absolute atomic E-state index is 0.149. The number of rotatable bonds is 8. The zero-order valence-electron chi connectivity index (χ0n) is 18.0. The van der Waals surface area contributed by atoms with Gasteiger partial charge in [-0.25, -0.2) is 23.1 Å². The number of nitrogens with one attached hydrogen (secondary N) is 1. The Kier molecular flexibility index (Phi) is 7.47. The molecule has 1 fully saturated rings. The van der Waals surface area contributed by atoms with Crippen molar-refractivity contribution in [3.63, 3.8) is 0 Å². The van der Waals surface area contributed by atoms with Crippen molar-refractivity contribution in [2.75, 3.05) is 12.9 Å². The molecule has 1 aliphatic rings. The van der Waals surface area contributed by atoms with Gasteiger partial charge in [0.2, 0.25) is 0 Å². The normalized spacial score (nSPS) is 18.7. The molecule has 174 valence electrons. The van der Waals surface area contributed by atoms with Gasteiger partial charge in [0.25, 0.3) is 11.5 Å². The van der Waals surface area contributed by atoms with E-state index in [-0.39, 0.29) is 18.5 Å². The van der Waals surface area contributed by atoms with Gasteiger partial charge in [-0.05, 0) is 37.8 Å². The van der Waals surface area contributed by atoms with E-state index < -0.39 is 38.2 Å². The monoisotopic (exact) mass is 466 g/mol. The van der Waals surface area contributed by atoms with Crippen LogP contribution in [0.2, 0.25) is 0 Å². The Hall–Kier alpha value is -2.56. The zero-order valence-corrected chi connectivity index (χ0v) is 18.9. The molecule has 0 aliphatic carbocycles. The number of amides is 1. The lowest BCUT2D eigenvalue weighted by Gasteiger charge is -2.28. The summed E-state index contributed by atoms with van der Waals surface area (Å²) >= 11 is 0. The van der Waals surface area contributed by atoms with Gasteiger partial charge in [0, 0.05) is 37.6 Å². The molecule has 1 N–H and O–H groups in total. The van der Waals surface area contributed by atoms with Crippen molar-refractivity contribution in [2.24, 2.45) is 0 Å². The fourth-order valence-electron chi connectivity index (χ4n) is 3.40. The van der Waals surface area contributed by atoms with Crippen LogP contribution >= 0.6 is 0 Å². The van der Waals surface area contributed by atoms with Gasteiger partial charge >= 0.3 is 0 Å². The van der Waals surface area contributed by atoms with E-state index in [4.69, 9.17) is 9.57 Å². The largest absolute Gasteiger partial charge is 0.350 e. The summed E-state index contributed by atoms with van der Waals surface area (Å²) in [5.41, 5.74) is 2.00. The first-order chi connectivity index (χ1) is 15.1. The summed E-state index contributed by atoms with van der Waals surface area (Å²) in [7, 11) is -3.90. The lowest BCUT2D eigenvalue weighted by molar-refractivity contribution is -0.201. The molecular weight excluding hydrogens is 439 g/mol. The van der Waals surface area contributed by atoms with E-state index >= 15 is 0 Å². The molecule has 2 atom stereocenters. The predicted molar refractivity (Wildman–Crippen MR) is 117 cm³/mol. The second-order valence-corrected chi connectivity index (χ2v) is 10.5. The molecule has 0 saturated carbocycles. The fraction of sp³-hybridized carbons (Fsp3) is 0.455. The number of benzene rings is 1. The van der Waals surface area contributed by atoms with E-state index in [0.717, 1.165) is 23.7 Å². The summed E-state index contributed by atoms with van der Waals surface area (Å²) in [5, 5.41) is 0. The second-order valence-electron chi connectivity index (χ2n) is 8.01. The molecule has 2 heterocycles. The number of pyridine rings is 1. The first-order valence-electron chi connectivity index (χ1n) is 10.3. The molecule has 1 saturated heterocycles. The third kappa shape index (κ3) is 5.25. The highest BCUT2D eigenvalue weighted by atomic mass is 32.2. The summed E-state index contributed by atoms with van der Waals surface area (Å²) in [4.78, 5) is 30.5. The van der Waals surface area contributed by atoms with Gasteiger partial charge in [0.15, 0.2) is 26.7 Å². The Bertz CT molecular complexity index is 1110. The van der Waals surface area contributed by atoms with Crippen LogP contribution in [0.15, 0.2) is 47.4 Å². The maximum absolute atomic E-state index is 14.7. The SMILES string of the molecule is C[C@@](CCn1ccc(-c2ccccc2)c(F)c1=O)(C(=O)NOC1CCCCO1)S(C)(=O)=O. The molecule has 0 radical (unpaired) electrons. The lowest BCUT2D eigenvalue weighted by Crippen LogP contribution is -2.51. The van der Waals surface area contributed by atoms with Crippen LogP contribution in [-0.4, -0.2) is 42.8 Å². The quantitative estimate of drug-likeness (QED) is 0.600. The third-order valence-corrected chi connectivity index (χ3v) is 7.77. The Morgan fingerprint density at radius 2 is 2.00 bits per heavy atom. The molecule has 2 aromatic rings. The molecule has 0 bridgehead atoms. The molecule has 8 nitrogen and oxygen atoms in total. The molecule has 1 aromatic carbocycles. The summed E-state index contributed by atoms with van der Waals surface area (Å²) < 4.78 is 44.1. The molecule has 1 aliphatic heterocycles. The van der Waals surface area contributed by atoms with Crippen molar-refractivity contribution < 1.29 is 27.2 Å². The van der Waals surface area contributed by atoms with Crippen LogP contribution in [0.3, 0.4) is 0 Å². The van der Waals surface area contributed by atoms with Crippen molar-refractivity contribution in [3.05, 3.63) is 58.8 Å². The number of aromatic nitrogens is 1. The van der Waals surface area contributed by atoms with E-state index in [9.17, 15) is 22.4 Å². The molecular formula is C22H27FN2O6S. The number of ether oxygens (including phenoxy) is 1. The summed E-state index contributed by atoms with van der Waals surface area (Å²) in [6, 6.07) is 10.1. The Labute approximate surface area is 186 Å². The Morgan fingerprint density at radius 3 is 2.62 bits per heavy atom. The molecule has 1 aromatic heterocycles. The molecule has 1 amide bonds. The van der Waals surface area contributed by atoms with E-state index in [2.05, 4.69) is 5.48 Å². The average Bonchev–Trinajstić information content (AvgIpc) is 2.78. The van der Waals surface area contributed by atoms with E-state index in [1.807, 2.05) is 0 Å². The number of hydroxylamine groups is 1. The number of sulfone groups is 1. The average molecular weight is 467 g/mol. The first-order valence-corrected chi connectivity index (χ1v) is 12.2. The van der Waals surface area contributed by atoms with Gasteiger partial charge in [-0.2, -0.15) is 0 Å². The zero-order chi connectivity index (χ0) is 23.4. The number of hydrogen-bond donors (Lipinski definition) is 1. The van der Waals surface area contributed by atoms with Crippen LogP contribution in [0.4, 0.5) is 4.39 Å². The number of nitrogens with zero attached hydrogens (tertiary/aromatic N) is 1. The highest BCUT2D eigenvalue weighted by molar-refractivity contribution is 7.92. The number of carbonyl (C=O) groups excluding carboxylic acids is 1. The topological polar surface area (TPSA) is 104 Å². The molecule has 10 heteroatoms. The molecule has 3 rings (SSSR count). The van der Waals surface area contributed by atoms with Gasteiger partial charge in [0.05, 0.1) is 0 Å². The van der Waals surface area contributed by atoms with Crippen molar-refractivity contribution >= 4 is 15.7 Å².